The lowest BCUT2D eigenvalue weighted by Crippen LogP contribution is -2.29. The van der Waals surface area contributed by atoms with E-state index in [9.17, 15) is 4.79 Å². The first-order valence-electron chi connectivity index (χ1n) is 8.25. The van der Waals surface area contributed by atoms with Crippen molar-refractivity contribution in [3.05, 3.63) is 69.8 Å². The zero-order chi connectivity index (χ0) is 17.6. The van der Waals surface area contributed by atoms with E-state index in [0.29, 0.717) is 28.8 Å². The van der Waals surface area contributed by atoms with Gasteiger partial charge in [-0.05, 0) is 29.8 Å². The number of benzene rings is 2. The second kappa shape index (κ2) is 5.45. The van der Waals surface area contributed by atoms with Crippen molar-refractivity contribution >= 4 is 16.6 Å². The molecule has 2 aromatic carbocycles. The molecule has 0 saturated heterocycles. The maximum absolute atomic E-state index is 12.4. The van der Waals surface area contributed by atoms with E-state index in [2.05, 4.69) is 53.0 Å². The highest BCUT2D eigenvalue weighted by Crippen LogP contribution is 2.40. The maximum Gasteiger partial charge on any atom is 0.258 e. The van der Waals surface area contributed by atoms with E-state index >= 15 is 0 Å². The number of nitriles is 1. The Morgan fingerprint density at radius 2 is 2.08 bits per heavy atom. The molecule has 0 fully saturated rings. The van der Waals surface area contributed by atoms with Crippen LogP contribution in [0.1, 0.15) is 30.8 Å². The summed E-state index contributed by atoms with van der Waals surface area (Å²) in [5.41, 5.74) is 3.44. The van der Waals surface area contributed by atoms with Crippen LogP contribution in [0.25, 0.3) is 10.9 Å². The van der Waals surface area contributed by atoms with Gasteiger partial charge in [-0.3, -0.25) is 4.79 Å². The quantitative estimate of drug-likeness (QED) is 0.783. The predicted octanol–water partition coefficient (Wildman–Crippen LogP) is 3.09. The smallest absolute Gasteiger partial charge is 0.258 e. The number of rotatable bonds is 2. The van der Waals surface area contributed by atoms with Crippen molar-refractivity contribution in [1.29, 1.82) is 5.26 Å². The van der Waals surface area contributed by atoms with E-state index in [1.807, 2.05) is 6.07 Å². The molecule has 0 radical (unpaired) electrons. The molecular formula is C20H18N4O. The van der Waals surface area contributed by atoms with Gasteiger partial charge in [0.15, 0.2) is 0 Å². The Balaban J connectivity index is 1.73. The van der Waals surface area contributed by atoms with Crippen molar-refractivity contribution in [2.24, 2.45) is 0 Å². The summed E-state index contributed by atoms with van der Waals surface area (Å²) >= 11 is 0. The summed E-state index contributed by atoms with van der Waals surface area (Å²) in [6.45, 7) is 5.88. The number of aromatic nitrogens is 2. The van der Waals surface area contributed by atoms with Crippen LogP contribution >= 0.6 is 0 Å². The molecule has 1 aromatic heterocycles. The van der Waals surface area contributed by atoms with Gasteiger partial charge in [-0.15, -0.1) is 0 Å². The summed E-state index contributed by atoms with van der Waals surface area (Å²) in [6, 6.07) is 15.4. The maximum atomic E-state index is 12.4. The third kappa shape index (κ3) is 2.56. The number of para-hydroxylation sites is 1. The van der Waals surface area contributed by atoms with Crippen LogP contribution in [0, 0.1) is 11.3 Å². The molecular weight excluding hydrogens is 312 g/mol. The average Bonchev–Trinajstić information content (AvgIpc) is 2.86. The van der Waals surface area contributed by atoms with Crippen LogP contribution in [0.3, 0.4) is 0 Å². The number of nitrogens with zero attached hydrogens (tertiary/aromatic N) is 3. The van der Waals surface area contributed by atoms with E-state index in [0.717, 1.165) is 6.54 Å². The first-order valence-corrected chi connectivity index (χ1v) is 8.25. The normalized spacial score (nSPS) is 15.2. The molecule has 0 unspecified atom stereocenters. The van der Waals surface area contributed by atoms with E-state index in [1.165, 1.54) is 11.3 Å². The zero-order valence-corrected chi connectivity index (χ0v) is 14.2. The highest BCUT2D eigenvalue weighted by Gasteiger charge is 2.34. The van der Waals surface area contributed by atoms with Gasteiger partial charge in [-0.2, -0.15) is 5.26 Å². The molecule has 0 aliphatic carbocycles. The molecule has 0 bridgehead atoms. The number of fused-ring (bicyclic) bond motifs is 2. The summed E-state index contributed by atoms with van der Waals surface area (Å²) in [4.78, 5) is 22.1. The first kappa shape index (κ1) is 15.4. The SMILES string of the molecule is CC1(C)CN(Cc2nc3ccc(C#N)cc3c(=O)[nH]2)c2ccccc21. The van der Waals surface area contributed by atoms with Crippen molar-refractivity contribution in [2.75, 3.05) is 11.4 Å². The number of aromatic amines is 1. The van der Waals surface area contributed by atoms with Gasteiger partial charge in [0.1, 0.15) is 5.82 Å². The van der Waals surface area contributed by atoms with Crippen LogP contribution < -0.4 is 10.5 Å². The third-order valence-corrected chi connectivity index (χ3v) is 4.78. The van der Waals surface area contributed by atoms with Crippen molar-refractivity contribution in [2.45, 2.75) is 25.8 Å². The molecule has 0 atom stereocenters. The molecule has 5 heteroatoms. The Morgan fingerprint density at radius 3 is 2.88 bits per heavy atom. The van der Waals surface area contributed by atoms with Gasteiger partial charge in [0.2, 0.25) is 0 Å². The summed E-state index contributed by atoms with van der Waals surface area (Å²) < 4.78 is 0. The summed E-state index contributed by atoms with van der Waals surface area (Å²) in [7, 11) is 0. The van der Waals surface area contributed by atoms with Crippen molar-refractivity contribution in [3.8, 4) is 6.07 Å². The minimum atomic E-state index is -0.205. The minimum Gasteiger partial charge on any atom is -0.363 e. The van der Waals surface area contributed by atoms with E-state index < -0.39 is 0 Å². The number of hydrogen-bond acceptors (Lipinski definition) is 4. The van der Waals surface area contributed by atoms with Gasteiger partial charge < -0.3 is 9.88 Å². The lowest BCUT2D eigenvalue weighted by molar-refractivity contribution is 0.547. The molecule has 5 nitrogen and oxygen atoms in total. The molecule has 124 valence electrons. The zero-order valence-electron chi connectivity index (χ0n) is 14.2. The Morgan fingerprint density at radius 1 is 1.28 bits per heavy atom. The largest absolute Gasteiger partial charge is 0.363 e. The van der Waals surface area contributed by atoms with Gasteiger partial charge in [0.25, 0.3) is 5.56 Å². The van der Waals surface area contributed by atoms with Gasteiger partial charge >= 0.3 is 0 Å². The number of anilines is 1. The molecule has 25 heavy (non-hydrogen) atoms. The standard InChI is InChI=1S/C20H18N4O/c1-20(2)12-24(17-6-4-3-5-15(17)20)11-18-22-16-8-7-13(10-21)9-14(16)19(25)23-18/h3-9H,11-12H2,1-2H3,(H,22,23,25). The Bertz CT molecular complexity index is 1070. The summed E-state index contributed by atoms with van der Waals surface area (Å²) in [5.74, 6) is 0.634. The molecule has 1 aliphatic rings. The van der Waals surface area contributed by atoms with Crippen LogP contribution in [-0.4, -0.2) is 16.5 Å². The highest BCUT2D eigenvalue weighted by atomic mass is 16.1. The lowest BCUT2D eigenvalue weighted by Gasteiger charge is -2.22. The van der Waals surface area contributed by atoms with Crippen molar-refractivity contribution < 1.29 is 0 Å². The van der Waals surface area contributed by atoms with Crippen LogP contribution in [0.2, 0.25) is 0 Å². The molecule has 1 N–H and O–H groups in total. The second-order valence-corrected chi connectivity index (χ2v) is 7.11. The van der Waals surface area contributed by atoms with E-state index in [1.54, 1.807) is 18.2 Å². The first-order chi connectivity index (χ1) is 12.0. The highest BCUT2D eigenvalue weighted by molar-refractivity contribution is 5.79. The number of hydrogen-bond donors (Lipinski definition) is 1. The van der Waals surface area contributed by atoms with Crippen molar-refractivity contribution in [3.63, 3.8) is 0 Å². The van der Waals surface area contributed by atoms with Gasteiger partial charge in [0, 0.05) is 17.6 Å². The summed E-state index contributed by atoms with van der Waals surface area (Å²) in [6.07, 6.45) is 0. The summed E-state index contributed by atoms with van der Waals surface area (Å²) in [5, 5.41) is 9.43. The fraction of sp³-hybridized carbons (Fsp3) is 0.250. The van der Waals surface area contributed by atoms with Crippen molar-refractivity contribution in [1.82, 2.24) is 9.97 Å². The van der Waals surface area contributed by atoms with Crippen LogP contribution in [-0.2, 0) is 12.0 Å². The average molecular weight is 330 g/mol. The molecule has 1 aliphatic heterocycles. The fourth-order valence-electron chi connectivity index (χ4n) is 3.62. The Hall–Kier alpha value is -3.13. The van der Waals surface area contributed by atoms with Crippen LogP contribution in [0.5, 0.6) is 0 Å². The molecule has 0 saturated carbocycles. The number of H-pyrrole nitrogens is 1. The Labute approximate surface area is 145 Å². The molecule has 2 heterocycles. The molecule has 0 amide bonds. The lowest BCUT2D eigenvalue weighted by atomic mass is 9.87. The minimum absolute atomic E-state index is 0.0649. The third-order valence-electron chi connectivity index (χ3n) is 4.78. The molecule has 4 rings (SSSR count). The van der Waals surface area contributed by atoms with E-state index in [4.69, 9.17) is 5.26 Å². The van der Waals surface area contributed by atoms with Crippen LogP contribution in [0.15, 0.2) is 47.3 Å². The number of nitrogens with one attached hydrogen (secondary N) is 1. The second-order valence-electron chi connectivity index (χ2n) is 7.11. The van der Waals surface area contributed by atoms with Gasteiger partial charge in [-0.25, -0.2) is 4.98 Å². The predicted molar refractivity (Wildman–Crippen MR) is 97.6 cm³/mol. The van der Waals surface area contributed by atoms with Gasteiger partial charge in [-0.1, -0.05) is 32.0 Å². The topological polar surface area (TPSA) is 72.8 Å². The van der Waals surface area contributed by atoms with E-state index in [-0.39, 0.29) is 11.0 Å². The van der Waals surface area contributed by atoms with Gasteiger partial charge in [0.05, 0.1) is 29.1 Å². The van der Waals surface area contributed by atoms with Crippen LogP contribution in [0.4, 0.5) is 5.69 Å². The molecule has 0 spiro atoms. The molecule has 3 aromatic rings. The Kier molecular flexibility index (Phi) is 3.36. The fourth-order valence-corrected chi connectivity index (χ4v) is 3.62. The monoisotopic (exact) mass is 330 g/mol.